The lowest BCUT2D eigenvalue weighted by Gasteiger charge is -2.16. The van der Waals surface area contributed by atoms with Crippen LogP contribution in [0.5, 0.6) is 5.75 Å². The van der Waals surface area contributed by atoms with E-state index in [4.69, 9.17) is 16.3 Å². The number of ketones is 1. The average molecular weight is 468 g/mol. The molecule has 4 rings (SSSR count). The van der Waals surface area contributed by atoms with Crippen LogP contribution in [0.4, 0.5) is 4.39 Å². The van der Waals surface area contributed by atoms with Crippen LogP contribution in [-0.4, -0.2) is 26.3 Å². The van der Waals surface area contributed by atoms with E-state index in [1.165, 1.54) is 23.9 Å². The highest BCUT2D eigenvalue weighted by Gasteiger charge is 2.22. The smallest absolute Gasteiger partial charge is 0.196 e. The summed E-state index contributed by atoms with van der Waals surface area (Å²) in [5.74, 6) is 0.920. The Bertz CT molecular complexity index is 1200. The summed E-state index contributed by atoms with van der Waals surface area (Å²) < 4.78 is 21.0. The van der Waals surface area contributed by atoms with Gasteiger partial charge in [0.15, 0.2) is 22.9 Å². The quantitative estimate of drug-likeness (QED) is 0.229. The van der Waals surface area contributed by atoms with Crippen molar-refractivity contribution in [3.05, 3.63) is 101 Å². The Labute approximate surface area is 194 Å². The first-order chi connectivity index (χ1) is 15.5. The van der Waals surface area contributed by atoms with Gasteiger partial charge < -0.3 is 4.74 Å². The van der Waals surface area contributed by atoms with Crippen molar-refractivity contribution < 1.29 is 13.9 Å². The Balaban J connectivity index is 1.58. The number of rotatable bonds is 8. The van der Waals surface area contributed by atoms with Crippen molar-refractivity contribution in [2.75, 3.05) is 5.75 Å². The van der Waals surface area contributed by atoms with Gasteiger partial charge in [-0.15, -0.1) is 10.2 Å². The Morgan fingerprint density at radius 3 is 2.41 bits per heavy atom. The maximum atomic E-state index is 13.2. The standard InChI is InChI=1S/C24H19ClFN3O2S/c1-16(31-21-13-11-19(26)12-14-21)23-27-28-24(29(23)20-5-3-2-4-6-20)32-15-22(30)17-7-9-18(25)10-8-17/h2-14,16H,15H2,1H3. The highest BCUT2D eigenvalue weighted by Crippen LogP contribution is 2.28. The third-order valence-electron chi connectivity index (χ3n) is 4.66. The fraction of sp³-hybridized carbons (Fsp3) is 0.125. The van der Waals surface area contributed by atoms with Crippen LogP contribution in [0.25, 0.3) is 5.69 Å². The number of ether oxygens (including phenoxy) is 1. The molecule has 0 aliphatic heterocycles. The molecule has 0 fully saturated rings. The Kier molecular flexibility index (Phi) is 6.87. The van der Waals surface area contributed by atoms with Gasteiger partial charge in [-0.3, -0.25) is 9.36 Å². The number of hydrogen-bond donors (Lipinski definition) is 0. The number of Topliss-reactive ketones (excluding diaryl/α,β-unsaturated/α-hetero) is 1. The zero-order valence-corrected chi connectivity index (χ0v) is 18.7. The molecule has 1 aromatic heterocycles. The number of hydrogen-bond acceptors (Lipinski definition) is 5. The van der Waals surface area contributed by atoms with E-state index in [0.717, 1.165) is 5.69 Å². The second-order valence-corrected chi connectivity index (χ2v) is 8.32. The zero-order valence-electron chi connectivity index (χ0n) is 17.1. The predicted octanol–water partition coefficient (Wildman–Crippen LogP) is 6.17. The van der Waals surface area contributed by atoms with Crippen LogP contribution in [0.15, 0.2) is 84.0 Å². The number of nitrogens with zero attached hydrogens (tertiary/aromatic N) is 3. The second-order valence-electron chi connectivity index (χ2n) is 6.94. The van der Waals surface area contributed by atoms with E-state index in [1.54, 1.807) is 36.4 Å². The lowest BCUT2D eigenvalue weighted by Crippen LogP contribution is -2.12. The molecule has 162 valence electrons. The van der Waals surface area contributed by atoms with Crippen LogP contribution in [0, 0.1) is 5.82 Å². The molecule has 32 heavy (non-hydrogen) atoms. The Hall–Kier alpha value is -3.16. The lowest BCUT2D eigenvalue weighted by molar-refractivity contribution is 0.102. The van der Waals surface area contributed by atoms with Crippen LogP contribution in [0.1, 0.15) is 29.2 Å². The van der Waals surface area contributed by atoms with E-state index in [-0.39, 0.29) is 17.4 Å². The fourth-order valence-electron chi connectivity index (χ4n) is 3.08. The number of benzene rings is 3. The molecule has 3 aromatic carbocycles. The van der Waals surface area contributed by atoms with Gasteiger partial charge in [-0.1, -0.05) is 41.6 Å². The molecular weight excluding hydrogens is 449 g/mol. The topological polar surface area (TPSA) is 57.0 Å². The van der Waals surface area contributed by atoms with Gasteiger partial charge in [0.2, 0.25) is 0 Å². The fourth-order valence-corrected chi connectivity index (χ4v) is 4.06. The van der Waals surface area contributed by atoms with Crippen molar-refractivity contribution in [3.63, 3.8) is 0 Å². The summed E-state index contributed by atoms with van der Waals surface area (Å²) in [6.45, 7) is 1.85. The predicted molar refractivity (Wildman–Crippen MR) is 123 cm³/mol. The van der Waals surface area contributed by atoms with E-state index in [1.807, 2.05) is 41.8 Å². The molecule has 0 bridgehead atoms. The third-order valence-corrected chi connectivity index (χ3v) is 5.84. The average Bonchev–Trinajstić information content (AvgIpc) is 3.24. The molecule has 0 N–H and O–H groups in total. The van der Waals surface area contributed by atoms with E-state index in [9.17, 15) is 9.18 Å². The normalized spacial score (nSPS) is 11.8. The number of halogens is 2. The van der Waals surface area contributed by atoms with Crippen molar-refractivity contribution in [2.24, 2.45) is 0 Å². The molecule has 5 nitrogen and oxygen atoms in total. The van der Waals surface area contributed by atoms with Crippen molar-refractivity contribution in [3.8, 4) is 11.4 Å². The molecule has 1 atom stereocenters. The van der Waals surface area contributed by atoms with Crippen molar-refractivity contribution >= 4 is 29.1 Å². The SMILES string of the molecule is CC(Oc1ccc(F)cc1)c1nnc(SCC(=O)c2ccc(Cl)cc2)n1-c1ccccc1. The lowest BCUT2D eigenvalue weighted by atomic mass is 10.1. The molecule has 4 aromatic rings. The molecule has 0 spiro atoms. The first kappa shape index (κ1) is 22.0. The van der Waals surface area contributed by atoms with E-state index in [2.05, 4.69) is 10.2 Å². The van der Waals surface area contributed by atoms with Crippen LogP contribution in [0.2, 0.25) is 5.02 Å². The molecule has 1 heterocycles. The van der Waals surface area contributed by atoms with Gasteiger partial charge >= 0.3 is 0 Å². The molecule has 0 amide bonds. The third kappa shape index (κ3) is 5.18. The highest BCUT2D eigenvalue weighted by molar-refractivity contribution is 7.99. The molecule has 0 saturated heterocycles. The van der Waals surface area contributed by atoms with Gasteiger partial charge in [-0.2, -0.15) is 0 Å². The summed E-state index contributed by atoms with van der Waals surface area (Å²) in [6.07, 6.45) is -0.463. The minimum atomic E-state index is -0.463. The largest absolute Gasteiger partial charge is 0.483 e. The van der Waals surface area contributed by atoms with Gasteiger partial charge in [0, 0.05) is 16.3 Å². The van der Waals surface area contributed by atoms with Crippen LogP contribution < -0.4 is 4.74 Å². The summed E-state index contributed by atoms with van der Waals surface area (Å²) in [7, 11) is 0. The van der Waals surface area contributed by atoms with Gasteiger partial charge in [0.1, 0.15) is 11.6 Å². The minimum Gasteiger partial charge on any atom is -0.483 e. The number of para-hydroxylation sites is 1. The second kappa shape index (κ2) is 9.97. The monoisotopic (exact) mass is 467 g/mol. The number of carbonyl (C=O) groups is 1. The van der Waals surface area contributed by atoms with Crippen LogP contribution in [0.3, 0.4) is 0 Å². The van der Waals surface area contributed by atoms with Gasteiger partial charge in [0.25, 0.3) is 0 Å². The number of aromatic nitrogens is 3. The summed E-state index contributed by atoms with van der Waals surface area (Å²) in [5, 5.41) is 9.80. The molecule has 0 aliphatic carbocycles. The summed E-state index contributed by atoms with van der Waals surface area (Å²) in [5.41, 5.74) is 1.43. The van der Waals surface area contributed by atoms with Gasteiger partial charge in [-0.25, -0.2) is 4.39 Å². The molecule has 0 radical (unpaired) electrons. The van der Waals surface area contributed by atoms with E-state index in [0.29, 0.717) is 27.3 Å². The first-order valence-electron chi connectivity index (χ1n) is 9.86. The van der Waals surface area contributed by atoms with Crippen molar-refractivity contribution in [1.29, 1.82) is 0 Å². The van der Waals surface area contributed by atoms with Gasteiger partial charge in [0.05, 0.1) is 5.75 Å². The van der Waals surface area contributed by atoms with Crippen molar-refractivity contribution in [2.45, 2.75) is 18.2 Å². The van der Waals surface area contributed by atoms with Gasteiger partial charge in [-0.05, 0) is 67.6 Å². The van der Waals surface area contributed by atoms with E-state index < -0.39 is 6.10 Å². The number of thioether (sulfide) groups is 1. The molecule has 0 saturated carbocycles. The highest BCUT2D eigenvalue weighted by atomic mass is 35.5. The first-order valence-corrected chi connectivity index (χ1v) is 11.2. The summed E-state index contributed by atoms with van der Waals surface area (Å²) in [4.78, 5) is 12.6. The molecule has 1 unspecified atom stereocenters. The van der Waals surface area contributed by atoms with Crippen LogP contribution >= 0.6 is 23.4 Å². The van der Waals surface area contributed by atoms with E-state index >= 15 is 0 Å². The zero-order chi connectivity index (χ0) is 22.5. The maximum Gasteiger partial charge on any atom is 0.196 e. The molecular formula is C24H19ClFN3O2S. The minimum absolute atomic E-state index is 0.0357. The van der Waals surface area contributed by atoms with Crippen LogP contribution in [-0.2, 0) is 0 Å². The summed E-state index contributed by atoms with van der Waals surface area (Å²) in [6, 6.07) is 22.2. The Morgan fingerprint density at radius 2 is 1.72 bits per heavy atom. The molecule has 8 heteroatoms. The maximum absolute atomic E-state index is 13.2. The number of carbonyl (C=O) groups excluding carboxylic acids is 1. The van der Waals surface area contributed by atoms with Crippen molar-refractivity contribution in [1.82, 2.24) is 14.8 Å². The Morgan fingerprint density at radius 1 is 1.03 bits per heavy atom. The molecule has 0 aliphatic rings. The summed E-state index contributed by atoms with van der Waals surface area (Å²) >= 11 is 7.20.